The van der Waals surface area contributed by atoms with Gasteiger partial charge in [-0.05, 0) is 42.7 Å². The van der Waals surface area contributed by atoms with Gasteiger partial charge in [-0.1, -0.05) is 35.9 Å². The maximum Gasteiger partial charge on any atom is 0.315 e. The molecule has 0 aliphatic carbocycles. The molecular formula is C17H20N2O2. The first kappa shape index (κ1) is 14.9. The highest BCUT2D eigenvalue weighted by Gasteiger charge is 2.03. The molecule has 0 heterocycles. The van der Waals surface area contributed by atoms with E-state index in [9.17, 15) is 9.90 Å². The van der Waals surface area contributed by atoms with Crippen LogP contribution in [0.1, 0.15) is 22.3 Å². The van der Waals surface area contributed by atoms with Gasteiger partial charge in [0.2, 0.25) is 0 Å². The van der Waals surface area contributed by atoms with Crippen molar-refractivity contribution in [3.8, 4) is 5.75 Å². The van der Waals surface area contributed by atoms with Gasteiger partial charge in [0.25, 0.3) is 0 Å². The van der Waals surface area contributed by atoms with Crippen LogP contribution in [0.3, 0.4) is 0 Å². The average molecular weight is 284 g/mol. The monoisotopic (exact) mass is 284 g/mol. The summed E-state index contributed by atoms with van der Waals surface area (Å²) < 4.78 is 0. The predicted octanol–water partition coefficient (Wildman–Crippen LogP) is 3.01. The van der Waals surface area contributed by atoms with Crippen LogP contribution in [0.15, 0.2) is 42.5 Å². The van der Waals surface area contributed by atoms with Gasteiger partial charge in [-0.15, -0.1) is 0 Å². The van der Waals surface area contributed by atoms with E-state index >= 15 is 0 Å². The summed E-state index contributed by atoms with van der Waals surface area (Å²) in [5, 5.41) is 14.8. The molecule has 2 aromatic rings. The van der Waals surface area contributed by atoms with E-state index in [1.54, 1.807) is 24.3 Å². The van der Waals surface area contributed by atoms with Crippen molar-refractivity contribution >= 4 is 6.03 Å². The standard InChI is InChI=1S/C17H20N2O2/c1-12-3-4-13(2)15(9-12)11-19-17(21)18-10-14-5-7-16(20)8-6-14/h3-9,20H,10-11H2,1-2H3,(H2,18,19,21). The van der Waals surface area contributed by atoms with Crippen molar-refractivity contribution in [3.05, 3.63) is 64.7 Å². The molecule has 0 aliphatic heterocycles. The van der Waals surface area contributed by atoms with Crippen molar-refractivity contribution in [2.75, 3.05) is 0 Å². The van der Waals surface area contributed by atoms with Gasteiger partial charge in [0, 0.05) is 13.1 Å². The number of urea groups is 1. The van der Waals surface area contributed by atoms with E-state index in [1.165, 1.54) is 11.1 Å². The van der Waals surface area contributed by atoms with Gasteiger partial charge >= 0.3 is 6.03 Å². The zero-order valence-corrected chi connectivity index (χ0v) is 12.3. The minimum Gasteiger partial charge on any atom is -0.508 e. The molecule has 0 aliphatic rings. The van der Waals surface area contributed by atoms with Gasteiger partial charge in [-0.3, -0.25) is 0 Å². The van der Waals surface area contributed by atoms with Crippen molar-refractivity contribution in [2.24, 2.45) is 0 Å². The van der Waals surface area contributed by atoms with Gasteiger partial charge in [0.15, 0.2) is 0 Å². The third-order valence-corrected chi connectivity index (χ3v) is 3.33. The van der Waals surface area contributed by atoms with E-state index < -0.39 is 0 Å². The third kappa shape index (κ3) is 4.53. The number of aromatic hydroxyl groups is 1. The summed E-state index contributed by atoms with van der Waals surface area (Å²) in [5.74, 6) is 0.220. The lowest BCUT2D eigenvalue weighted by Crippen LogP contribution is -2.34. The first-order valence-corrected chi connectivity index (χ1v) is 6.90. The van der Waals surface area contributed by atoms with E-state index in [1.807, 2.05) is 13.8 Å². The van der Waals surface area contributed by atoms with Crippen molar-refractivity contribution in [2.45, 2.75) is 26.9 Å². The second kappa shape index (κ2) is 6.79. The summed E-state index contributed by atoms with van der Waals surface area (Å²) in [6.45, 7) is 5.01. The zero-order chi connectivity index (χ0) is 15.2. The lowest BCUT2D eigenvalue weighted by molar-refractivity contribution is 0.240. The maximum atomic E-state index is 11.8. The number of phenols is 1. The molecular weight excluding hydrogens is 264 g/mol. The van der Waals surface area contributed by atoms with Crippen LogP contribution in [0.25, 0.3) is 0 Å². The molecule has 0 saturated heterocycles. The van der Waals surface area contributed by atoms with Crippen molar-refractivity contribution < 1.29 is 9.90 Å². The molecule has 0 saturated carbocycles. The molecule has 4 nitrogen and oxygen atoms in total. The van der Waals surface area contributed by atoms with Crippen LogP contribution in [0.4, 0.5) is 4.79 Å². The topological polar surface area (TPSA) is 61.4 Å². The Morgan fingerprint density at radius 2 is 1.67 bits per heavy atom. The number of phenolic OH excluding ortho intramolecular Hbond substituents is 1. The Bertz CT molecular complexity index is 621. The quantitative estimate of drug-likeness (QED) is 0.808. The molecule has 0 unspecified atom stereocenters. The molecule has 21 heavy (non-hydrogen) atoms. The van der Waals surface area contributed by atoms with Crippen LogP contribution in [-0.2, 0) is 13.1 Å². The molecule has 2 amide bonds. The normalized spacial score (nSPS) is 10.2. The number of carbonyl (C=O) groups excluding carboxylic acids is 1. The number of aryl methyl sites for hydroxylation is 2. The van der Waals surface area contributed by atoms with Gasteiger partial charge < -0.3 is 15.7 Å². The third-order valence-electron chi connectivity index (χ3n) is 3.33. The fourth-order valence-electron chi connectivity index (χ4n) is 2.02. The Labute approximate surface area is 124 Å². The average Bonchev–Trinajstić information content (AvgIpc) is 2.47. The van der Waals surface area contributed by atoms with Gasteiger partial charge in [-0.2, -0.15) is 0 Å². The van der Waals surface area contributed by atoms with Crippen LogP contribution >= 0.6 is 0 Å². The minimum atomic E-state index is -0.205. The Morgan fingerprint density at radius 1 is 1.00 bits per heavy atom. The van der Waals surface area contributed by atoms with E-state index in [2.05, 4.69) is 28.8 Å². The van der Waals surface area contributed by atoms with Gasteiger partial charge in [-0.25, -0.2) is 4.79 Å². The summed E-state index contributed by atoms with van der Waals surface area (Å²) in [4.78, 5) is 11.8. The molecule has 2 rings (SSSR count). The molecule has 0 fully saturated rings. The van der Waals surface area contributed by atoms with E-state index in [0.717, 1.165) is 11.1 Å². The van der Waals surface area contributed by atoms with Crippen LogP contribution in [-0.4, -0.2) is 11.1 Å². The Hall–Kier alpha value is -2.49. The molecule has 3 N–H and O–H groups in total. The van der Waals surface area contributed by atoms with Crippen LogP contribution in [0.5, 0.6) is 5.75 Å². The van der Waals surface area contributed by atoms with E-state index in [0.29, 0.717) is 13.1 Å². The zero-order valence-electron chi connectivity index (χ0n) is 12.3. The largest absolute Gasteiger partial charge is 0.508 e. The van der Waals surface area contributed by atoms with Crippen LogP contribution in [0.2, 0.25) is 0 Å². The molecule has 110 valence electrons. The highest BCUT2D eigenvalue weighted by molar-refractivity contribution is 5.73. The summed E-state index contributed by atoms with van der Waals surface area (Å²) >= 11 is 0. The fourth-order valence-corrected chi connectivity index (χ4v) is 2.02. The number of amides is 2. The molecule has 2 aromatic carbocycles. The first-order valence-electron chi connectivity index (χ1n) is 6.90. The Morgan fingerprint density at radius 3 is 2.38 bits per heavy atom. The molecule has 0 spiro atoms. The van der Waals surface area contributed by atoms with Crippen LogP contribution in [0, 0.1) is 13.8 Å². The maximum absolute atomic E-state index is 11.8. The summed E-state index contributed by atoms with van der Waals surface area (Å²) in [6.07, 6.45) is 0. The van der Waals surface area contributed by atoms with Gasteiger partial charge in [0.1, 0.15) is 5.75 Å². The lowest BCUT2D eigenvalue weighted by Gasteiger charge is -2.10. The second-order valence-electron chi connectivity index (χ2n) is 5.13. The lowest BCUT2D eigenvalue weighted by atomic mass is 10.1. The van der Waals surface area contributed by atoms with Crippen LogP contribution < -0.4 is 10.6 Å². The molecule has 0 atom stereocenters. The van der Waals surface area contributed by atoms with Gasteiger partial charge in [0.05, 0.1) is 0 Å². The Kier molecular flexibility index (Phi) is 4.82. The summed E-state index contributed by atoms with van der Waals surface area (Å²) in [7, 11) is 0. The summed E-state index contributed by atoms with van der Waals surface area (Å²) in [5.41, 5.74) is 4.41. The summed E-state index contributed by atoms with van der Waals surface area (Å²) in [6, 6.07) is 12.8. The van der Waals surface area contributed by atoms with Crippen molar-refractivity contribution in [3.63, 3.8) is 0 Å². The van der Waals surface area contributed by atoms with E-state index in [4.69, 9.17) is 0 Å². The van der Waals surface area contributed by atoms with Crippen molar-refractivity contribution in [1.82, 2.24) is 10.6 Å². The smallest absolute Gasteiger partial charge is 0.315 e. The highest BCUT2D eigenvalue weighted by atomic mass is 16.3. The number of hydrogen-bond donors (Lipinski definition) is 3. The molecule has 4 heteroatoms. The number of hydrogen-bond acceptors (Lipinski definition) is 2. The first-order chi connectivity index (χ1) is 10.0. The number of carbonyl (C=O) groups is 1. The number of benzene rings is 2. The minimum absolute atomic E-state index is 0.205. The van der Waals surface area contributed by atoms with Crippen molar-refractivity contribution in [1.29, 1.82) is 0 Å². The molecule has 0 aromatic heterocycles. The Balaban J connectivity index is 1.82. The SMILES string of the molecule is Cc1ccc(C)c(CNC(=O)NCc2ccc(O)cc2)c1. The molecule has 0 bridgehead atoms. The number of rotatable bonds is 4. The molecule has 0 radical (unpaired) electrons. The fraction of sp³-hybridized carbons (Fsp3) is 0.235. The number of nitrogens with one attached hydrogen (secondary N) is 2. The highest BCUT2D eigenvalue weighted by Crippen LogP contribution is 2.10. The second-order valence-corrected chi connectivity index (χ2v) is 5.13. The van der Waals surface area contributed by atoms with E-state index in [-0.39, 0.29) is 11.8 Å². The predicted molar refractivity (Wildman–Crippen MR) is 83.1 cm³/mol.